The zero-order valence-electron chi connectivity index (χ0n) is 18.2. The summed E-state index contributed by atoms with van der Waals surface area (Å²) in [5.74, 6) is -2.10. The van der Waals surface area contributed by atoms with Crippen LogP contribution in [0, 0.1) is 11.3 Å². The molecule has 3 aromatic carbocycles. The second-order valence-corrected chi connectivity index (χ2v) is 8.97. The highest BCUT2D eigenvalue weighted by molar-refractivity contribution is 7.90. The Morgan fingerprint density at radius 1 is 1.03 bits per heavy atom. The number of sulfonamides is 1. The Hall–Kier alpha value is -4.40. The minimum atomic E-state index is -4.25. The normalized spacial score (nSPS) is 12.1. The topological polar surface area (TPSA) is 169 Å². The molecule has 0 heterocycles. The lowest BCUT2D eigenvalue weighted by atomic mass is 10.1. The van der Waals surface area contributed by atoms with Gasteiger partial charge in [0, 0.05) is 12.0 Å². The Morgan fingerprint density at radius 2 is 1.77 bits per heavy atom. The summed E-state index contributed by atoms with van der Waals surface area (Å²) in [4.78, 5) is 23.8. The van der Waals surface area contributed by atoms with Crippen molar-refractivity contribution < 1.29 is 28.2 Å². The van der Waals surface area contributed by atoms with E-state index in [0.717, 1.165) is 17.7 Å². The Balaban J connectivity index is 1.72. The molecule has 1 amide bonds. The second kappa shape index (κ2) is 11.1. The summed E-state index contributed by atoms with van der Waals surface area (Å²) in [5, 5.41) is 34.4. The van der Waals surface area contributed by atoms with Gasteiger partial charge in [0.15, 0.2) is 0 Å². The van der Waals surface area contributed by atoms with E-state index in [2.05, 4.69) is 15.0 Å². The van der Waals surface area contributed by atoms with Gasteiger partial charge in [-0.3, -0.25) is 4.79 Å². The summed E-state index contributed by atoms with van der Waals surface area (Å²) in [7, 11) is -4.25. The van der Waals surface area contributed by atoms with Crippen molar-refractivity contribution in [2.75, 3.05) is 11.9 Å². The maximum atomic E-state index is 12.6. The highest BCUT2D eigenvalue weighted by Crippen LogP contribution is 2.20. The fourth-order valence-corrected chi connectivity index (χ4v) is 3.93. The number of aliphatic hydroxyl groups excluding tert-OH is 1. The summed E-state index contributed by atoms with van der Waals surface area (Å²) < 4.78 is 28.4. The van der Waals surface area contributed by atoms with Crippen LogP contribution in [0.25, 0.3) is 0 Å². The van der Waals surface area contributed by atoms with Gasteiger partial charge in [0.05, 0.1) is 40.4 Å². The standard InChI is InChI=1S/C24H20N4O6S/c25-14-17-9-10-22(21(12-17)24(31)32)27-23(30)18-7-4-8-20(13-18)35(33,34)28-26-15-19(29)11-16-5-2-1-3-6-16/h1-10,12-13,19,29H,11,15H2,(H,27,30)(H,31,32). The quantitative estimate of drug-likeness (QED) is 0.385. The molecule has 178 valence electrons. The molecule has 35 heavy (non-hydrogen) atoms. The Bertz CT molecular complexity index is 1420. The minimum Gasteiger partial charge on any atom is -0.478 e. The van der Waals surface area contributed by atoms with Gasteiger partial charge >= 0.3 is 5.97 Å². The van der Waals surface area contributed by atoms with E-state index in [1.807, 2.05) is 36.4 Å². The van der Waals surface area contributed by atoms with Crippen LogP contribution in [0.15, 0.2) is 87.3 Å². The van der Waals surface area contributed by atoms with Crippen molar-refractivity contribution in [3.63, 3.8) is 0 Å². The van der Waals surface area contributed by atoms with E-state index in [1.165, 1.54) is 30.3 Å². The van der Waals surface area contributed by atoms with E-state index in [1.54, 1.807) is 0 Å². The van der Waals surface area contributed by atoms with E-state index in [0.29, 0.717) is 0 Å². The molecular formula is C24H20N4O6S. The predicted octanol–water partition coefficient (Wildman–Crippen LogP) is 3.25. The number of carbonyl (C=O) groups excluding carboxylic acids is 1. The number of carboxylic acid groups (broad SMARTS) is 1. The number of aliphatic hydroxyl groups is 1. The number of hydrogen-bond acceptors (Lipinski definition) is 7. The molecule has 0 radical (unpaired) electrons. The number of carbonyl (C=O) groups is 2. The molecule has 0 aliphatic rings. The second-order valence-electron chi connectivity index (χ2n) is 7.38. The molecule has 3 rings (SSSR count). The highest BCUT2D eigenvalue weighted by atomic mass is 32.2. The molecule has 0 aliphatic heterocycles. The molecule has 0 bridgehead atoms. The molecule has 10 nitrogen and oxygen atoms in total. The number of nitriles is 1. The maximum absolute atomic E-state index is 12.6. The molecule has 0 saturated carbocycles. The lowest BCUT2D eigenvalue weighted by molar-refractivity contribution is 0.0698. The van der Waals surface area contributed by atoms with Gasteiger partial charge < -0.3 is 15.5 Å². The Kier molecular flexibility index (Phi) is 8.04. The van der Waals surface area contributed by atoms with E-state index in [4.69, 9.17) is 5.26 Å². The van der Waals surface area contributed by atoms with Crippen molar-refractivity contribution in [2.24, 2.45) is 9.63 Å². The van der Waals surface area contributed by atoms with Crippen LogP contribution in [-0.4, -0.2) is 43.2 Å². The van der Waals surface area contributed by atoms with Gasteiger partial charge in [-0.25, -0.2) is 4.79 Å². The van der Waals surface area contributed by atoms with Crippen molar-refractivity contribution in [2.45, 2.75) is 17.4 Å². The molecule has 0 fully saturated rings. The van der Waals surface area contributed by atoms with Crippen molar-refractivity contribution in [3.05, 3.63) is 95.1 Å². The van der Waals surface area contributed by atoms with Crippen LogP contribution in [0.1, 0.15) is 31.8 Å². The van der Waals surface area contributed by atoms with Gasteiger partial charge in [-0.05, 0) is 42.0 Å². The summed E-state index contributed by atoms with van der Waals surface area (Å²) >= 11 is 0. The average molecular weight is 493 g/mol. The monoisotopic (exact) mass is 492 g/mol. The molecule has 11 heteroatoms. The molecule has 1 atom stereocenters. The van der Waals surface area contributed by atoms with Crippen molar-refractivity contribution in [1.82, 2.24) is 0 Å². The zero-order valence-corrected chi connectivity index (χ0v) is 19.0. The van der Waals surface area contributed by atoms with Crippen molar-refractivity contribution >= 4 is 27.6 Å². The molecule has 0 saturated heterocycles. The number of rotatable bonds is 9. The first-order chi connectivity index (χ1) is 16.7. The van der Waals surface area contributed by atoms with Crippen LogP contribution < -0.4 is 5.32 Å². The third kappa shape index (κ3) is 6.80. The number of aromatic carboxylic acids is 1. The number of nitrogens with one attached hydrogen (secondary N) is 1. The third-order valence-corrected chi connectivity index (χ3v) is 5.97. The average Bonchev–Trinajstić information content (AvgIpc) is 2.84. The van der Waals surface area contributed by atoms with Gasteiger partial charge in [0.2, 0.25) is 0 Å². The summed E-state index contributed by atoms with van der Waals surface area (Å²) in [6.45, 7) is -0.231. The number of carboxylic acids is 1. The summed E-state index contributed by atoms with van der Waals surface area (Å²) in [5.41, 5.74) is 0.565. The van der Waals surface area contributed by atoms with Gasteiger partial charge in [-0.1, -0.05) is 40.9 Å². The van der Waals surface area contributed by atoms with Crippen LogP contribution in [0.4, 0.5) is 5.69 Å². The van der Waals surface area contributed by atoms with E-state index >= 15 is 0 Å². The molecule has 3 aromatic rings. The first kappa shape index (κ1) is 25.2. The SMILES string of the molecule is N#Cc1ccc(NC(=O)c2cccc(S(=O)(=O)N=NCC(O)Cc3ccccc3)c2)c(C(=O)O)c1. The largest absolute Gasteiger partial charge is 0.478 e. The lowest BCUT2D eigenvalue weighted by Gasteiger charge is -2.09. The van der Waals surface area contributed by atoms with Gasteiger partial charge in [-0.15, -0.1) is 0 Å². The fraction of sp³-hybridized carbons (Fsp3) is 0.125. The third-order valence-electron chi connectivity index (χ3n) is 4.79. The Labute approximate surface area is 201 Å². The fourth-order valence-electron chi connectivity index (χ4n) is 3.09. The van der Waals surface area contributed by atoms with Crippen LogP contribution in [0.5, 0.6) is 0 Å². The molecule has 0 spiro atoms. The molecule has 1 unspecified atom stereocenters. The van der Waals surface area contributed by atoms with Gasteiger partial charge in [0.1, 0.15) is 0 Å². The molecule has 0 aromatic heterocycles. The summed E-state index contributed by atoms with van der Waals surface area (Å²) in [6.07, 6.45) is -0.646. The van der Waals surface area contributed by atoms with Crippen LogP contribution in [0.2, 0.25) is 0 Å². The van der Waals surface area contributed by atoms with Crippen molar-refractivity contribution in [3.8, 4) is 6.07 Å². The summed E-state index contributed by atoms with van der Waals surface area (Å²) in [6, 6.07) is 19.7. The number of amides is 1. The van der Waals surface area contributed by atoms with Crippen LogP contribution in [0.3, 0.4) is 0 Å². The number of nitrogens with zero attached hydrogens (tertiary/aromatic N) is 3. The molecule has 3 N–H and O–H groups in total. The van der Waals surface area contributed by atoms with Gasteiger partial charge in [0.25, 0.3) is 15.9 Å². The van der Waals surface area contributed by atoms with Crippen LogP contribution in [-0.2, 0) is 16.4 Å². The first-order valence-corrected chi connectivity index (χ1v) is 11.7. The number of hydrogen-bond donors (Lipinski definition) is 3. The van der Waals surface area contributed by atoms with E-state index in [-0.39, 0.29) is 40.2 Å². The van der Waals surface area contributed by atoms with Crippen LogP contribution >= 0.6 is 0 Å². The smallest absolute Gasteiger partial charge is 0.337 e. The predicted molar refractivity (Wildman–Crippen MR) is 126 cm³/mol. The number of benzene rings is 3. The maximum Gasteiger partial charge on any atom is 0.337 e. The van der Waals surface area contributed by atoms with E-state index in [9.17, 15) is 28.2 Å². The van der Waals surface area contributed by atoms with Gasteiger partial charge in [-0.2, -0.15) is 18.8 Å². The number of anilines is 1. The minimum absolute atomic E-state index is 0.0538. The Morgan fingerprint density at radius 3 is 2.46 bits per heavy atom. The lowest BCUT2D eigenvalue weighted by Crippen LogP contribution is -2.15. The molecule has 0 aliphatic carbocycles. The first-order valence-electron chi connectivity index (χ1n) is 10.2. The highest BCUT2D eigenvalue weighted by Gasteiger charge is 2.18. The van der Waals surface area contributed by atoms with E-state index < -0.39 is 28.0 Å². The zero-order chi connectivity index (χ0) is 25.4. The van der Waals surface area contributed by atoms with Crippen molar-refractivity contribution in [1.29, 1.82) is 5.26 Å². The molecular weight excluding hydrogens is 472 g/mol.